The lowest BCUT2D eigenvalue weighted by Gasteiger charge is -2.15. The average Bonchev–Trinajstić information content (AvgIpc) is 2.37. The van der Waals surface area contributed by atoms with E-state index in [9.17, 15) is 0 Å². The fourth-order valence-corrected chi connectivity index (χ4v) is 2.55. The summed E-state index contributed by atoms with van der Waals surface area (Å²) in [6.07, 6.45) is 3.79. The van der Waals surface area contributed by atoms with Crippen LogP contribution in [0.25, 0.3) is 0 Å². The lowest BCUT2D eigenvalue weighted by Crippen LogP contribution is -2.18. The number of aromatic nitrogens is 1. The van der Waals surface area contributed by atoms with Crippen molar-refractivity contribution >= 4 is 15.9 Å². The van der Waals surface area contributed by atoms with Gasteiger partial charge in [0.1, 0.15) is 0 Å². The van der Waals surface area contributed by atoms with Gasteiger partial charge in [-0.2, -0.15) is 0 Å². The van der Waals surface area contributed by atoms with Crippen LogP contribution in [-0.4, -0.2) is 4.98 Å². The van der Waals surface area contributed by atoms with Crippen LogP contribution in [0.5, 0.6) is 0 Å². The lowest BCUT2D eigenvalue weighted by molar-refractivity contribution is 0.572. The maximum Gasteiger partial charge on any atom is 0.0313 e. The summed E-state index contributed by atoms with van der Waals surface area (Å²) in [4.78, 5) is 4.20. The number of aryl methyl sites for hydroxylation is 1. The van der Waals surface area contributed by atoms with E-state index in [0.717, 1.165) is 11.0 Å². The smallest absolute Gasteiger partial charge is 0.0313 e. The Morgan fingerprint density at radius 3 is 2.78 bits per heavy atom. The van der Waals surface area contributed by atoms with Crippen LogP contribution in [0, 0.1) is 6.92 Å². The first-order valence-electron chi connectivity index (χ1n) is 6.05. The fraction of sp³-hybridized carbons (Fsp3) is 0.267. The molecule has 2 aromatic rings. The van der Waals surface area contributed by atoms with Crippen molar-refractivity contribution in [3.63, 3.8) is 0 Å². The van der Waals surface area contributed by atoms with E-state index < -0.39 is 0 Å². The van der Waals surface area contributed by atoms with Gasteiger partial charge in [0.2, 0.25) is 0 Å². The van der Waals surface area contributed by atoms with Crippen LogP contribution in [-0.2, 0) is 6.54 Å². The van der Waals surface area contributed by atoms with Gasteiger partial charge in [-0.3, -0.25) is 4.98 Å². The molecule has 0 aliphatic rings. The van der Waals surface area contributed by atoms with E-state index in [-0.39, 0.29) is 0 Å². The summed E-state index contributed by atoms with van der Waals surface area (Å²) in [6, 6.07) is 10.8. The van der Waals surface area contributed by atoms with Crippen LogP contribution in [0.15, 0.2) is 47.2 Å². The highest BCUT2D eigenvalue weighted by atomic mass is 79.9. The van der Waals surface area contributed by atoms with E-state index in [1.807, 2.05) is 18.5 Å². The molecule has 0 spiro atoms. The van der Waals surface area contributed by atoms with Crippen molar-refractivity contribution in [2.75, 3.05) is 0 Å². The Balaban J connectivity index is 2.00. The van der Waals surface area contributed by atoms with Crippen molar-refractivity contribution in [1.29, 1.82) is 0 Å². The Labute approximate surface area is 117 Å². The van der Waals surface area contributed by atoms with Gasteiger partial charge in [0.25, 0.3) is 0 Å². The van der Waals surface area contributed by atoms with Gasteiger partial charge in [-0.05, 0) is 36.6 Å². The van der Waals surface area contributed by atoms with Crippen molar-refractivity contribution in [2.45, 2.75) is 26.4 Å². The van der Waals surface area contributed by atoms with Crippen LogP contribution in [0.1, 0.15) is 29.7 Å². The largest absolute Gasteiger partial charge is 0.306 e. The predicted molar refractivity (Wildman–Crippen MR) is 78.4 cm³/mol. The molecule has 0 amide bonds. The molecule has 94 valence electrons. The van der Waals surface area contributed by atoms with E-state index in [0.29, 0.717) is 6.04 Å². The van der Waals surface area contributed by atoms with Crippen LogP contribution in [0.4, 0.5) is 0 Å². The molecule has 1 aromatic carbocycles. The summed E-state index contributed by atoms with van der Waals surface area (Å²) < 4.78 is 1.15. The second-order valence-corrected chi connectivity index (χ2v) is 5.35. The Morgan fingerprint density at radius 1 is 1.28 bits per heavy atom. The molecule has 0 aliphatic heterocycles. The molecule has 18 heavy (non-hydrogen) atoms. The number of hydrogen-bond acceptors (Lipinski definition) is 2. The highest BCUT2D eigenvalue weighted by Crippen LogP contribution is 2.22. The highest BCUT2D eigenvalue weighted by molar-refractivity contribution is 9.10. The zero-order valence-corrected chi connectivity index (χ0v) is 12.2. The van der Waals surface area contributed by atoms with Gasteiger partial charge in [0, 0.05) is 29.5 Å². The topological polar surface area (TPSA) is 24.9 Å². The van der Waals surface area contributed by atoms with Crippen LogP contribution in [0.2, 0.25) is 0 Å². The Hall–Kier alpha value is -1.19. The van der Waals surface area contributed by atoms with Crippen molar-refractivity contribution in [2.24, 2.45) is 0 Å². The van der Waals surface area contributed by atoms with Gasteiger partial charge >= 0.3 is 0 Å². The van der Waals surface area contributed by atoms with E-state index in [2.05, 4.69) is 64.3 Å². The molecule has 2 nitrogen and oxygen atoms in total. The zero-order valence-electron chi connectivity index (χ0n) is 10.7. The van der Waals surface area contributed by atoms with Gasteiger partial charge in [-0.15, -0.1) is 0 Å². The van der Waals surface area contributed by atoms with Crippen molar-refractivity contribution in [1.82, 2.24) is 10.3 Å². The van der Waals surface area contributed by atoms with Gasteiger partial charge in [0.15, 0.2) is 0 Å². The minimum Gasteiger partial charge on any atom is -0.306 e. The van der Waals surface area contributed by atoms with Crippen molar-refractivity contribution in [3.05, 3.63) is 63.9 Å². The summed E-state index contributed by atoms with van der Waals surface area (Å²) in [5.74, 6) is 0. The summed E-state index contributed by atoms with van der Waals surface area (Å²) >= 11 is 3.58. The third kappa shape index (κ3) is 3.40. The Kier molecular flexibility index (Phi) is 4.50. The van der Waals surface area contributed by atoms with Crippen LogP contribution < -0.4 is 5.32 Å². The van der Waals surface area contributed by atoms with Gasteiger partial charge in [0.05, 0.1) is 0 Å². The van der Waals surface area contributed by atoms with Crippen molar-refractivity contribution < 1.29 is 0 Å². The number of halogens is 1. The number of rotatable bonds is 4. The third-order valence-corrected chi connectivity index (χ3v) is 3.64. The maximum absolute atomic E-state index is 4.20. The van der Waals surface area contributed by atoms with E-state index >= 15 is 0 Å². The predicted octanol–water partition coefficient (Wildman–Crippen LogP) is 4.00. The van der Waals surface area contributed by atoms with Crippen LogP contribution in [0.3, 0.4) is 0 Å². The molecule has 0 unspecified atom stereocenters. The summed E-state index contributed by atoms with van der Waals surface area (Å²) in [7, 11) is 0. The molecule has 0 aliphatic carbocycles. The van der Waals surface area contributed by atoms with Crippen molar-refractivity contribution in [3.8, 4) is 0 Å². The monoisotopic (exact) mass is 304 g/mol. The van der Waals surface area contributed by atoms with E-state index in [1.165, 1.54) is 16.7 Å². The number of hydrogen-bond donors (Lipinski definition) is 1. The summed E-state index contributed by atoms with van der Waals surface area (Å²) in [6.45, 7) is 5.06. The Bertz CT molecular complexity index is 525. The minimum absolute atomic E-state index is 0.307. The van der Waals surface area contributed by atoms with Crippen LogP contribution >= 0.6 is 15.9 Å². The first-order valence-corrected chi connectivity index (χ1v) is 6.84. The molecule has 0 bridgehead atoms. The lowest BCUT2D eigenvalue weighted by atomic mass is 10.1. The molecular weight excluding hydrogens is 288 g/mol. The molecule has 0 saturated heterocycles. The first-order chi connectivity index (χ1) is 8.66. The van der Waals surface area contributed by atoms with E-state index in [4.69, 9.17) is 0 Å². The summed E-state index contributed by atoms with van der Waals surface area (Å²) in [5.41, 5.74) is 3.69. The molecule has 0 fully saturated rings. The molecule has 1 aromatic heterocycles. The molecule has 3 heteroatoms. The fourth-order valence-electron chi connectivity index (χ4n) is 1.92. The number of benzene rings is 1. The second-order valence-electron chi connectivity index (χ2n) is 4.49. The maximum atomic E-state index is 4.20. The zero-order chi connectivity index (χ0) is 13.0. The quantitative estimate of drug-likeness (QED) is 0.923. The van der Waals surface area contributed by atoms with Gasteiger partial charge < -0.3 is 5.32 Å². The van der Waals surface area contributed by atoms with Gasteiger partial charge in [-0.1, -0.05) is 40.2 Å². The Morgan fingerprint density at radius 2 is 2.06 bits per heavy atom. The molecule has 1 N–H and O–H groups in total. The van der Waals surface area contributed by atoms with E-state index in [1.54, 1.807) is 0 Å². The first kappa shape index (κ1) is 13.2. The molecule has 1 atom stereocenters. The normalized spacial score (nSPS) is 12.4. The summed E-state index contributed by atoms with van der Waals surface area (Å²) in [5, 5.41) is 3.51. The highest BCUT2D eigenvalue weighted by Gasteiger charge is 2.07. The molecular formula is C15H17BrN2. The second kappa shape index (κ2) is 6.12. The molecule has 0 saturated carbocycles. The standard InChI is InChI=1S/C15H17BrN2/c1-11-7-13(9-17-8-11)10-18-12(2)14-5-3-4-6-15(14)16/h3-9,12,18H,10H2,1-2H3/t12-/m0/s1. The third-order valence-electron chi connectivity index (χ3n) is 2.92. The number of nitrogens with zero attached hydrogens (tertiary/aromatic N) is 1. The average molecular weight is 305 g/mol. The minimum atomic E-state index is 0.307. The number of nitrogens with one attached hydrogen (secondary N) is 1. The molecule has 0 radical (unpaired) electrons. The number of pyridine rings is 1. The molecule has 2 rings (SSSR count). The molecule has 1 heterocycles. The van der Waals surface area contributed by atoms with Gasteiger partial charge in [-0.25, -0.2) is 0 Å². The SMILES string of the molecule is Cc1cncc(CN[C@@H](C)c2ccccc2Br)c1.